The van der Waals surface area contributed by atoms with Crippen molar-refractivity contribution in [1.82, 2.24) is 25.2 Å². The van der Waals surface area contributed by atoms with Crippen molar-refractivity contribution in [2.45, 2.75) is 43.3 Å². The quantitative estimate of drug-likeness (QED) is 0.194. The highest BCUT2D eigenvalue weighted by Crippen LogP contribution is 2.19. The molecule has 1 aliphatic rings. The highest BCUT2D eigenvalue weighted by Gasteiger charge is 2.26. The van der Waals surface area contributed by atoms with E-state index < -0.39 is 10.0 Å². The lowest BCUT2D eigenvalue weighted by Crippen LogP contribution is -2.52. The predicted molar refractivity (Wildman–Crippen MR) is 139 cm³/mol. The van der Waals surface area contributed by atoms with Crippen molar-refractivity contribution in [3.8, 4) is 0 Å². The van der Waals surface area contributed by atoms with Gasteiger partial charge in [0.15, 0.2) is 5.96 Å². The van der Waals surface area contributed by atoms with Crippen molar-refractivity contribution in [1.29, 1.82) is 0 Å². The fraction of sp³-hybridized carbons (Fsp3) is 0.455. The molecule has 176 valence electrons. The summed E-state index contributed by atoms with van der Waals surface area (Å²) in [6.07, 6.45) is 4.94. The van der Waals surface area contributed by atoms with Crippen LogP contribution in [0.4, 0.5) is 0 Å². The van der Waals surface area contributed by atoms with Crippen LogP contribution in [-0.2, 0) is 16.6 Å². The molecular formula is C22H33IN6O2S. The Labute approximate surface area is 208 Å². The number of likely N-dealkylation sites (tertiary alicyclic amines) is 1. The summed E-state index contributed by atoms with van der Waals surface area (Å²) in [5, 5.41) is 6.66. The lowest BCUT2D eigenvalue weighted by atomic mass is 9.97. The van der Waals surface area contributed by atoms with E-state index >= 15 is 0 Å². The van der Waals surface area contributed by atoms with Gasteiger partial charge in [-0.1, -0.05) is 30.3 Å². The van der Waals surface area contributed by atoms with Crippen molar-refractivity contribution in [3.63, 3.8) is 0 Å². The zero-order valence-electron chi connectivity index (χ0n) is 18.6. The topological polar surface area (TPSA) is 98.7 Å². The minimum Gasteiger partial charge on any atom is -0.355 e. The summed E-state index contributed by atoms with van der Waals surface area (Å²) in [6, 6.07) is 14.5. The number of rotatable bonds is 8. The Morgan fingerprint density at radius 2 is 1.97 bits per heavy atom. The molecule has 0 spiro atoms. The van der Waals surface area contributed by atoms with Gasteiger partial charge in [0.25, 0.3) is 0 Å². The molecule has 1 fully saturated rings. The van der Waals surface area contributed by atoms with E-state index in [1.165, 1.54) is 17.8 Å². The summed E-state index contributed by atoms with van der Waals surface area (Å²) in [4.78, 5) is 10.8. The number of benzene rings is 1. The number of aromatic nitrogens is 1. The third-order valence-corrected chi connectivity index (χ3v) is 6.91. The lowest BCUT2D eigenvalue weighted by molar-refractivity contribution is 0.134. The average Bonchev–Trinajstić information content (AvgIpc) is 2.79. The van der Waals surface area contributed by atoms with Crippen molar-refractivity contribution in [2.24, 2.45) is 4.99 Å². The van der Waals surface area contributed by atoms with Crippen molar-refractivity contribution in [3.05, 3.63) is 60.4 Å². The van der Waals surface area contributed by atoms with Gasteiger partial charge in [0, 0.05) is 57.7 Å². The molecular weight excluding hydrogens is 539 g/mol. The third kappa shape index (κ3) is 7.98. The van der Waals surface area contributed by atoms with Gasteiger partial charge >= 0.3 is 0 Å². The van der Waals surface area contributed by atoms with E-state index in [2.05, 4.69) is 61.4 Å². The molecule has 10 heteroatoms. The maximum atomic E-state index is 12.2. The van der Waals surface area contributed by atoms with Crippen LogP contribution in [0, 0.1) is 0 Å². The van der Waals surface area contributed by atoms with Crippen molar-refractivity contribution in [2.75, 3.05) is 26.7 Å². The molecule has 2 atom stereocenters. The molecule has 0 saturated carbocycles. The predicted octanol–water partition coefficient (Wildman–Crippen LogP) is 2.20. The number of halogens is 1. The number of sulfonamides is 1. The number of pyridine rings is 1. The second kappa shape index (κ2) is 13.1. The molecule has 0 aliphatic carbocycles. The number of guanidine groups is 1. The van der Waals surface area contributed by atoms with Gasteiger partial charge in [-0.2, -0.15) is 0 Å². The van der Waals surface area contributed by atoms with Gasteiger partial charge in [0.05, 0.1) is 0 Å². The molecule has 0 bridgehead atoms. The van der Waals surface area contributed by atoms with E-state index in [0.717, 1.165) is 25.9 Å². The molecule has 1 saturated heterocycles. The highest BCUT2D eigenvalue weighted by molar-refractivity contribution is 14.0. The van der Waals surface area contributed by atoms with Crippen LogP contribution in [0.5, 0.6) is 0 Å². The smallest absolute Gasteiger partial charge is 0.242 e. The van der Waals surface area contributed by atoms with Gasteiger partial charge in [-0.3, -0.25) is 14.9 Å². The van der Waals surface area contributed by atoms with E-state index in [1.54, 1.807) is 19.3 Å². The molecule has 1 aromatic heterocycles. The number of hydrogen-bond donors (Lipinski definition) is 3. The summed E-state index contributed by atoms with van der Waals surface area (Å²) >= 11 is 0. The van der Waals surface area contributed by atoms with Crippen LogP contribution in [0.1, 0.15) is 25.3 Å². The highest BCUT2D eigenvalue weighted by atomic mass is 127. The standard InChI is InChI=1S/C22H32N6O2S.HI/c1-18-15-20(10-14-28(18)17-19-7-4-3-5-8-19)27-22(23-2)25-12-13-26-31(29,30)21-9-6-11-24-16-21;/h3-9,11,16,18,20,26H,10,12-15,17H2,1-2H3,(H2,23,25,27);1H. The fourth-order valence-electron chi connectivity index (χ4n) is 3.75. The number of piperidine rings is 1. The Balaban J connectivity index is 0.00000363. The van der Waals surface area contributed by atoms with Gasteiger partial charge in [0.1, 0.15) is 4.90 Å². The summed E-state index contributed by atoms with van der Waals surface area (Å²) < 4.78 is 27.0. The van der Waals surface area contributed by atoms with Gasteiger partial charge in [-0.15, -0.1) is 24.0 Å². The minimum absolute atomic E-state index is 0. The van der Waals surface area contributed by atoms with Crippen LogP contribution in [-0.4, -0.2) is 63.0 Å². The number of nitrogens with zero attached hydrogens (tertiary/aromatic N) is 3. The summed E-state index contributed by atoms with van der Waals surface area (Å²) in [7, 11) is -1.82. The van der Waals surface area contributed by atoms with Gasteiger partial charge in [-0.05, 0) is 37.5 Å². The Bertz CT molecular complexity index is 943. The number of aliphatic imine (C=N–C) groups is 1. The van der Waals surface area contributed by atoms with Crippen LogP contribution >= 0.6 is 24.0 Å². The van der Waals surface area contributed by atoms with Crippen LogP contribution in [0.2, 0.25) is 0 Å². The first-order valence-corrected chi connectivity index (χ1v) is 12.1. The molecule has 2 unspecified atom stereocenters. The van der Waals surface area contributed by atoms with E-state index in [4.69, 9.17) is 0 Å². The first-order chi connectivity index (χ1) is 15.0. The van der Waals surface area contributed by atoms with Crippen LogP contribution in [0.15, 0.2) is 64.7 Å². The molecule has 0 radical (unpaired) electrons. The maximum Gasteiger partial charge on any atom is 0.242 e. The molecule has 0 amide bonds. The Morgan fingerprint density at radius 3 is 2.62 bits per heavy atom. The Kier molecular flexibility index (Phi) is 10.8. The Morgan fingerprint density at radius 1 is 1.19 bits per heavy atom. The van der Waals surface area contributed by atoms with Crippen LogP contribution < -0.4 is 15.4 Å². The van der Waals surface area contributed by atoms with E-state index in [1.807, 2.05) is 6.07 Å². The van der Waals surface area contributed by atoms with Gasteiger partial charge < -0.3 is 10.6 Å². The molecule has 32 heavy (non-hydrogen) atoms. The number of nitrogens with one attached hydrogen (secondary N) is 3. The van der Waals surface area contributed by atoms with Gasteiger partial charge in [0.2, 0.25) is 10.0 Å². The molecule has 3 rings (SSSR count). The third-order valence-electron chi connectivity index (χ3n) is 5.46. The van der Waals surface area contributed by atoms with Crippen LogP contribution in [0.3, 0.4) is 0 Å². The second-order valence-electron chi connectivity index (χ2n) is 7.76. The minimum atomic E-state index is -3.55. The van der Waals surface area contributed by atoms with Crippen LogP contribution in [0.25, 0.3) is 0 Å². The molecule has 1 aliphatic heterocycles. The van der Waals surface area contributed by atoms with E-state index in [9.17, 15) is 8.42 Å². The molecule has 8 nitrogen and oxygen atoms in total. The molecule has 3 N–H and O–H groups in total. The largest absolute Gasteiger partial charge is 0.355 e. The molecule has 2 heterocycles. The zero-order valence-corrected chi connectivity index (χ0v) is 21.7. The summed E-state index contributed by atoms with van der Waals surface area (Å²) in [5.74, 6) is 0.689. The summed E-state index contributed by atoms with van der Waals surface area (Å²) in [5.41, 5.74) is 1.34. The first kappa shape index (κ1) is 26.5. The number of hydrogen-bond acceptors (Lipinski definition) is 5. The summed E-state index contributed by atoms with van der Waals surface area (Å²) in [6.45, 7) is 4.94. The molecule has 1 aromatic carbocycles. The normalized spacial score (nSPS) is 19.8. The average molecular weight is 573 g/mol. The zero-order chi connectivity index (χ0) is 22.1. The maximum absolute atomic E-state index is 12.2. The van der Waals surface area contributed by atoms with E-state index in [0.29, 0.717) is 24.6 Å². The molecule has 2 aromatic rings. The monoisotopic (exact) mass is 572 g/mol. The SMILES string of the molecule is CN=C(NCCNS(=O)(=O)c1cccnc1)NC1CCN(Cc2ccccc2)C(C)C1.I. The lowest BCUT2D eigenvalue weighted by Gasteiger charge is -2.38. The fourth-order valence-corrected chi connectivity index (χ4v) is 4.74. The Hall–Kier alpha value is -1.76. The van der Waals surface area contributed by atoms with Crippen molar-refractivity contribution >= 4 is 40.0 Å². The van der Waals surface area contributed by atoms with E-state index in [-0.39, 0.29) is 35.4 Å². The van der Waals surface area contributed by atoms with Crippen molar-refractivity contribution < 1.29 is 8.42 Å². The second-order valence-corrected chi connectivity index (χ2v) is 9.52. The first-order valence-electron chi connectivity index (χ1n) is 10.6. The van der Waals surface area contributed by atoms with Gasteiger partial charge in [-0.25, -0.2) is 13.1 Å².